The second kappa shape index (κ2) is 75.0. The maximum absolute atomic E-state index is 0. The minimum absolute atomic E-state index is 0. The van der Waals surface area contributed by atoms with Crippen LogP contribution >= 0.6 is 0 Å². The van der Waals surface area contributed by atoms with E-state index in [2.05, 4.69) is 0 Å². The van der Waals surface area contributed by atoms with E-state index < -0.39 is 0 Å². The van der Waals surface area contributed by atoms with Gasteiger partial charge in [-0.15, -0.1) is 0 Å². The van der Waals surface area contributed by atoms with Crippen LogP contribution in [0.2, 0.25) is 0 Å². The summed E-state index contributed by atoms with van der Waals surface area (Å²) in [5.74, 6) is 0. The molecule has 0 N–H and O–H groups in total. The first-order valence-corrected chi connectivity index (χ1v) is 0. The zero-order chi connectivity index (χ0) is 0. The molecule has 0 aliphatic carbocycles. The fourth-order valence-electron chi connectivity index (χ4n) is 0. The third-order valence-electron chi connectivity index (χ3n) is 0. The first-order valence-electron chi connectivity index (χ1n) is 0. The molecule has 0 spiro atoms. The van der Waals surface area contributed by atoms with Gasteiger partial charge < -0.3 is 65.1 Å². The SMILES string of the molecule is [Br-].[Br-].[Br-].[F-].[F-].[F-].[La+3].[La+3]. The molecule has 0 aromatic carbocycles. The summed E-state index contributed by atoms with van der Waals surface area (Å²) < 4.78 is 0. The van der Waals surface area contributed by atoms with Crippen LogP contribution in [0.25, 0.3) is 0 Å². The van der Waals surface area contributed by atoms with Gasteiger partial charge in [-0.2, -0.15) is 0 Å². The number of hydrogen-bond donors (Lipinski definition) is 0. The third kappa shape index (κ3) is 54.6. The first-order chi connectivity index (χ1) is 0. The molecule has 0 atom stereocenters. The first kappa shape index (κ1) is 100. The standard InChI is InChI=1S/3BrH.3FH.2La/h6*1H;;/q;;;;;;2*+3/p-6. The van der Waals surface area contributed by atoms with Gasteiger partial charge in [-0.05, 0) is 0 Å². The van der Waals surface area contributed by atoms with Crippen LogP contribution in [0.1, 0.15) is 0 Å². The van der Waals surface area contributed by atoms with E-state index in [1.807, 2.05) is 0 Å². The summed E-state index contributed by atoms with van der Waals surface area (Å²) in [6.45, 7) is 0. The zero-order valence-corrected chi connectivity index (χ0v) is 15.4. The average Bonchev–Trinajstić information content (AvgIpc) is 0. The Labute approximate surface area is 133 Å². The van der Waals surface area contributed by atoms with E-state index in [1.54, 1.807) is 0 Å². The summed E-state index contributed by atoms with van der Waals surface area (Å²) in [6, 6.07) is 0. The van der Waals surface area contributed by atoms with Crippen LogP contribution in [-0.4, -0.2) is 0 Å². The normalized spacial score (nSPS) is 0. The predicted octanol–water partition coefficient (Wildman–Crippen LogP) is -18.0. The summed E-state index contributed by atoms with van der Waals surface area (Å²) in [7, 11) is 0. The van der Waals surface area contributed by atoms with Crippen molar-refractivity contribution in [2.24, 2.45) is 0 Å². The van der Waals surface area contributed by atoms with Crippen LogP contribution in [0.3, 0.4) is 0 Å². The molecule has 0 aromatic heterocycles. The fourth-order valence-corrected chi connectivity index (χ4v) is 0. The Bertz CT molecular complexity index is 12.5. The minimum atomic E-state index is 0. The van der Waals surface area contributed by atoms with Crippen LogP contribution in [0.4, 0.5) is 0 Å². The van der Waals surface area contributed by atoms with E-state index in [-0.39, 0.29) is 136 Å². The van der Waals surface area contributed by atoms with Crippen molar-refractivity contribution < 1.29 is 136 Å². The van der Waals surface area contributed by atoms with Crippen molar-refractivity contribution in [1.29, 1.82) is 0 Å². The van der Waals surface area contributed by atoms with Crippen molar-refractivity contribution in [3.05, 3.63) is 0 Å². The molecule has 0 bridgehead atoms. The van der Waals surface area contributed by atoms with Crippen LogP contribution in [0.5, 0.6) is 0 Å². The molecular formula is Br3F3La2. The third-order valence-corrected chi connectivity index (χ3v) is 0. The van der Waals surface area contributed by atoms with Gasteiger partial charge in [-0.25, -0.2) is 0 Å². The predicted molar refractivity (Wildman–Crippen MR) is 0 cm³/mol. The Kier molecular flexibility index (Phi) is 938. The van der Waals surface area contributed by atoms with Gasteiger partial charge in [0.05, 0.1) is 0 Å². The van der Waals surface area contributed by atoms with Crippen molar-refractivity contribution in [2.45, 2.75) is 0 Å². The average molecular weight is 575 g/mol. The van der Waals surface area contributed by atoms with Crippen LogP contribution in [0, 0.1) is 71.2 Å². The monoisotopic (exact) mass is 572 g/mol. The van der Waals surface area contributed by atoms with Crippen molar-refractivity contribution in [3.8, 4) is 0 Å². The summed E-state index contributed by atoms with van der Waals surface area (Å²) in [5.41, 5.74) is 0. The summed E-state index contributed by atoms with van der Waals surface area (Å²) in [6.07, 6.45) is 0. The van der Waals surface area contributed by atoms with Gasteiger partial charge in [0.15, 0.2) is 0 Å². The molecule has 0 aliphatic heterocycles. The molecule has 0 saturated carbocycles. The van der Waals surface area contributed by atoms with E-state index in [0.717, 1.165) is 0 Å². The molecule has 0 aliphatic rings. The maximum atomic E-state index is 0. The zero-order valence-electron chi connectivity index (χ0n) is 3.42. The second-order valence-corrected chi connectivity index (χ2v) is 0. The van der Waals surface area contributed by atoms with Gasteiger partial charge in [0.1, 0.15) is 0 Å². The molecule has 48 valence electrons. The van der Waals surface area contributed by atoms with Gasteiger partial charge in [0.25, 0.3) is 0 Å². The van der Waals surface area contributed by atoms with Crippen LogP contribution in [-0.2, 0) is 0 Å². The van der Waals surface area contributed by atoms with E-state index in [1.165, 1.54) is 0 Å². The number of rotatable bonds is 0. The van der Waals surface area contributed by atoms with Gasteiger partial charge in [-0.1, -0.05) is 0 Å². The van der Waals surface area contributed by atoms with Gasteiger partial charge in [-0.3, -0.25) is 0 Å². The molecule has 0 fully saturated rings. The van der Waals surface area contributed by atoms with E-state index in [4.69, 9.17) is 0 Å². The molecule has 0 rings (SSSR count). The molecule has 0 heterocycles. The van der Waals surface area contributed by atoms with E-state index in [0.29, 0.717) is 0 Å². The molecular weight excluding hydrogens is 575 g/mol. The van der Waals surface area contributed by atoms with Crippen LogP contribution in [0.15, 0.2) is 0 Å². The Morgan fingerprint density at radius 2 is 0.375 bits per heavy atom. The fraction of sp³-hybridized carbons (Fsp3) is 0. The second-order valence-electron chi connectivity index (χ2n) is 0. The van der Waals surface area contributed by atoms with Crippen molar-refractivity contribution in [2.75, 3.05) is 0 Å². The molecule has 0 nitrogen and oxygen atoms in total. The van der Waals surface area contributed by atoms with E-state index in [9.17, 15) is 0 Å². The summed E-state index contributed by atoms with van der Waals surface area (Å²) >= 11 is 0. The minimum Gasteiger partial charge on any atom is -1.00 e. The molecule has 0 aromatic rings. The summed E-state index contributed by atoms with van der Waals surface area (Å²) in [4.78, 5) is 0. The summed E-state index contributed by atoms with van der Waals surface area (Å²) in [5, 5.41) is 0. The number of hydrogen-bond acceptors (Lipinski definition) is 0. The molecule has 8 heteroatoms. The Balaban J connectivity index is 0. The van der Waals surface area contributed by atoms with Crippen molar-refractivity contribution in [1.82, 2.24) is 0 Å². The molecule has 8 heavy (non-hydrogen) atoms. The Morgan fingerprint density at radius 1 is 0.375 bits per heavy atom. The topological polar surface area (TPSA) is 0 Å². The Morgan fingerprint density at radius 3 is 0.375 bits per heavy atom. The quantitative estimate of drug-likeness (QED) is 0.270. The van der Waals surface area contributed by atoms with Crippen molar-refractivity contribution >= 4 is 0 Å². The molecule has 0 saturated heterocycles. The molecule has 0 radical (unpaired) electrons. The maximum Gasteiger partial charge on any atom is 3.00 e. The largest absolute Gasteiger partial charge is 3.00 e. The van der Waals surface area contributed by atoms with Gasteiger partial charge >= 0.3 is 71.2 Å². The van der Waals surface area contributed by atoms with Gasteiger partial charge in [0.2, 0.25) is 0 Å². The molecule has 0 amide bonds. The number of halogens is 6. The van der Waals surface area contributed by atoms with E-state index >= 15 is 0 Å². The Hall–Kier alpha value is 3.62. The van der Waals surface area contributed by atoms with Crippen LogP contribution < -0.4 is 65.1 Å². The molecule has 0 unspecified atom stereocenters. The van der Waals surface area contributed by atoms with Gasteiger partial charge in [0, 0.05) is 0 Å². The smallest absolute Gasteiger partial charge is 1.00 e. The van der Waals surface area contributed by atoms with Crippen molar-refractivity contribution in [3.63, 3.8) is 0 Å².